The smallest absolute Gasteiger partial charge is 0.230 e. The fourth-order valence-electron chi connectivity index (χ4n) is 5.78. The minimum absolute atomic E-state index is 0.0207. The Labute approximate surface area is 213 Å². The van der Waals surface area contributed by atoms with Crippen LogP contribution in [0, 0.1) is 0 Å². The van der Waals surface area contributed by atoms with E-state index in [-0.39, 0.29) is 11.3 Å². The summed E-state index contributed by atoms with van der Waals surface area (Å²) in [5, 5.41) is 4.11. The van der Waals surface area contributed by atoms with Crippen LogP contribution in [0.5, 0.6) is 0 Å². The van der Waals surface area contributed by atoms with E-state index in [0.717, 1.165) is 68.6 Å². The first kappa shape index (κ1) is 24.6. The van der Waals surface area contributed by atoms with Crippen LogP contribution in [0.3, 0.4) is 0 Å². The van der Waals surface area contributed by atoms with Crippen molar-refractivity contribution in [3.63, 3.8) is 0 Å². The van der Waals surface area contributed by atoms with Crippen molar-refractivity contribution in [2.45, 2.75) is 64.5 Å². The minimum Gasteiger partial charge on any atom is -0.368 e. The van der Waals surface area contributed by atoms with Gasteiger partial charge in [0, 0.05) is 57.3 Å². The van der Waals surface area contributed by atoms with E-state index in [1.807, 2.05) is 18.3 Å². The average molecular weight is 491 g/mol. The van der Waals surface area contributed by atoms with Gasteiger partial charge in [0.05, 0.1) is 23.1 Å². The van der Waals surface area contributed by atoms with Gasteiger partial charge in [0.15, 0.2) is 5.78 Å². The summed E-state index contributed by atoms with van der Waals surface area (Å²) >= 11 is 0. The van der Waals surface area contributed by atoms with Crippen molar-refractivity contribution in [1.29, 1.82) is 0 Å². The quantitative estimate of drug-likeness (QED) is 0.480. The van der Waals surface area contributed by atoms with Gasteiger partial charge in [0.2, 0.25) is 5.95 Å². The third-order valence-corrected chi connectivity index (χ3v) is 7.94. The fourth-order valence-corrected chi connectivity index (χ4v) is 5.78. The Balaban J connectivity index is 1.39. The number of nitrogens with zero attached hydrogens (tertiary/aromatic N) is 6. The van der Waals surface area contributed by atoms with E-state index in [2.05, 4.69) is 49.6 Å². The first-order valence-corrected chi connectivity index (χ1v) is 13.2. The maximum atomic E-state index is 12.6. The number of ketones is 1. The van der Waals surface area contributed by atoms with Crippen molar-refractivity contribution in [3.05, 3.63) is 36.3 Å². The molecule has 1 saturated heterocycles. The second kappa shape index (κ2) is 10.1. The van der Waals surface area contributed by atoms with Crippen LogP contribution in [0.1, 0.15) is 63.4 Å². The van der Waals surface area contributed by atoms with Crippen molar-refractivity contribution in [2.24, 2.45) is 5.73 Å². The van der Waals surface area contributed by atoms with Crippen LogP contribution in [0.4, 0.5) is 17.5 Å². The van der Waals surface area contributed by atoms with Gasteiger partial charge in [-0.3, -0.25) is 9.69 Å². The van der Waals surface area contributed by atoms with Crippen LogP contribution >= 0.6 is 0 Å². The predicted molar refractivity (Wildman–Crippen MR) is 144 cm³/mol. The molecule has 0 spiro atoms. The van der Waals surface area contributed by atoms with E-state index in [1.165, 1.54) is 6.42 Å². The number of nitrogens with two attached hydrogens (primary N) is 1. The van der Waals surface area contributed by atoms with Crippen molar-refractivity contribution < 1.29 is 4.79 Å². The summed E-state index contributed by atoms with van der Waals surface area (Å²) in [5.41, 5.74) is 8.59. The van der Waals surface area contributed by atoms with Crippen molar-refractivity contribution >= 4 is 34.3 Å². The molecule has 1 aliphatic carbocycles. The Hall–Kier alpha value is -3.04. The summed E-state index contributed by atoms with van der Waals surface area (Å²) in [5.74, 6) is 1.17. The van der Waals surface area contributed by atoms with Crippen LogP contribution in [0.2, 0.25) is 0 Å². The molecule has 3 aromatic heterocycles. The first-order chi connectivity index (χ1) is 17.4. The standard InChI is InChI=1S/C27H38N8O/c1-19(2)33-11-13-34(14-12-33)22-7-8-24(29-17-22)31-26-30-16-21-15-23(20(3)36)35(25(21)32-26)27(18-28)9-5-4-6-10-27/h7-8,15-17,19H,4-6,9-14,18,28H2,1-3H3,(H,29,30,31,32). The lowest BCUT2D eigenvalue weighted by molar-refractivity contribution is 0.0989. The molecule has 2 fully saturated rings. The molecule has 36 heavy (non-hydrogen) atoms. The van der Waals surface area contributed by atoms with Crippen LogP contribution in [0.25, 0.3) is 11.0 Å². The topological polar surface area (TPSA) is 105 Å². The third kappa shape index (κ3) is 4.69. The number of carbonyl (C=O) groups excluding carboxylic acids is 1. The highest BCUT2D eigenvalue weighted by atomic mass is 16.1. The van der Waals surface area contributed by atoms with Gasteiger partial charge < -0.3 is 20.5 Å². The molecule has 0 amide bonds. The second-order valence-electron chi connectivity index (χ2n) is 10.5. The molecule has 192 valence electrons. The van der Waals surface area contributed by atoms with Crippen molar-refractivity contribution in [3.8, 4) is 0 Å². The lowest BCUT2D eigenvalue weighted by Gasteiger charge is -2.39. The van der Waals surface area contributed by atoms with Gasteiger partial charge in [-0.1, -0.05) is 19.3 Å². The highest BCUT2D eigenvalue weighted by molar-refractivity contribution is 5.98. The van der Waals surface area contributed by atoms with Crippen LogP contribution < -0.4 is 16.0 Å². The number of Topliss-reactive ketones (excluding diaryl/α,β-unsaturated/α-hetero) is 1. The van der Waals surface area contributed by atoms with Gasteiger partial charge in [0.25, 0.3) is 0 Å². The molecular weight excluding hydrogens is 452 g/mol. The number of carbonyl (C=O) groups is 1. The molecule has 3 N–H and O–H groups in total. The molecule has 9 heteroatoms. The van der Waals surface area contributed by atoms with Gasteiger partial charge in [0.1, 0.15) is 11.5 Å². The molecule has 9 nitrogen and oxygen atoms in total. The van der Waals surface area contributed by atoms with Gasteiger partial charge in [-0.25, -0.2) is 9.97 Å². The molecule has 3 aromatic rings. The fraction of sp³-hybridized carbons (Fsp3) is 0.556. The highest BCUT2D eigenvalue weighted by Crippen LogP contribution is 2.38. The molecule has 1 saturated carbocycles. The molecule has 1 aliphatic heterocycles. The van der Waals surface area contributed by atoms with Gasteiger partial charge >= 0.3 is 0 Å². The zero-order valence-corrected chi connectivity index (χ0v) is 21.7. The number of anilines is 3. The number of pyridine rings is 1. The largest absolute Gasteiger partial charge is 0.368 e. The summed E-state index contributed by atoms with van der Waals surface area (Å²) in [6.07, 6.45) is 9.01. The molecule has 2 aliphatic rings. The minimum atomic E-state index is -0.286. The summed E-state index contributed by atoms with van der Waals surface area (Å²) in [6, 6.07) is 6.56. The average Bonchev–Trinajstić information content (AvgIpc) is 3.29. The van der Waals surface area contributed by atoms with E-state index < -0.39 is 0 Å². The van der Waals surface area contributed by atoms with E-state index in [9.17, 15) is 4.79 Å². The molecule has 0 unspecified atom stereocenters. The molecule has 5 rings (SSSR count). The van der Waals surface area contributed by atoms with Crippen LogP contribution in [-0.2, 0) is 5.54 Å². The monoisotopic (exact) mass is 490 g/mol. The van der Waals surface area contributed by atoms with E-state index >= 15 is 0 Å². The maximum Gasteiger partial charge on any atom is 0.230 e. The van der Waals surface area contributed by atoms with E-state index in [1.54, 1.807) is 13.1 Å². The molecule has 4 heterocycles. The van der Waals surface area contributed by atoms with Crippen molar-refractivity contribution in [1.82, 2.24) is 24.4 Å². The van der Waals surface area contributed by atoms with Crippen LogP contribution in [-0.4, -0.2) is 69.0 Å². The van der Waals surface area contributed by atoms with Crippen LogP contribution in [0.15, 0.2) is 30.6 Å². The number of fused-ring (bicyclic) bond motifs is 1. The molecule has 0 radical (unpaired) electrons. The van der Waals surface area contributed by atoms with E-state index in [4.69, 9.17) is 10.7 Å². The van der Waals surface area contributed by atoms with Gasteiger partial charge in [-0.05, 0) is 44.9 Å². The lowest BCUT2D eigenvalue weighted by Crippen LogP contribution is -2.48. The third-order valence-electron chi connectivity index (χ3n) is 7.94. The zero-order chi connectivity index (χ0) is 25.3. The highest BCUT2D eigenvalue weighted by Gasteiger charge is 2.36. The Kier molecular flexibility index (Phi) is 6.94. The van der Waals surface area contributed by atoms with Crippen molar-refractivity contribution in [2.75, 3.05) is 42.9 Å². The van der Waals surface area contributed by atoms with E-state index in [0.29, 0.717) is 30.0 Å². The molecule has 0 atom stereocenters. The molecule has 0 bridgehead atoms. The number of hydrogen-bond donors (Lipinski definition) is 2. The first-order valence-electron chi connectivity index (χ1n) is 13.2. The lowest BCUT2D eigenvalue weighted by atomic mass is 9.81. The summed E-state index contributed by atoms with van der Waals surface area (Å²) < 4.78 is 2.10. The normalized spacial score (nSPS) is 18.6. The number of piperazine rings is 1. The predicted octanol–water partition coefficient (Wildman–Crippen LogP) is 3.92. The Morgan fingerprint density at radius 3 is 2.44 bits per heavy atom. The summed E-state index contributed by atoms with van der Waals surface area (Å²) in [4.78, 5) is 31.5. The van der Waals surface area contributed by atoms with Gasteiger partial charge in [-0.15, -0.1) is 0 Å². The number of rotatable bonds is 7. The molecular formula is C27H38N8O. The summed E-state index contributed by atoms with van der Waals surface area (Å²) in [6.45, 7) is 10.7. The number of aromatic nitrogens is 4. The number of hydrogen-bond acceptors (Lipinski definition) is 8. The SMILES string of the molecule is CC(=O)c1cc2cnc(Nc3ccc(N4CCN(C(C)C)CC4)cn3)nc2n1C1(CN)CCCCC1. The Morgan fingerprint density at radius 1 is 1.08 bits per heavy atom. The summed E-state index contributed by atoms with van der Waals surface area (Å²) in [7, 11) is 0. The second-order valence-corrected chi connectivity index (χ2v) is 10.5. The van der Waals surface area contributed by atoms with Gasteiger partial charge in [-0.2, -0.15) is 4.98 Å². The zero-order valence-electron chi connectivity index (χ0n) is 21.7. The number of nitrogens with one attached hydrogen (secondary N) is 1. The Morgan fingerprint density at radius 2 is 1.83 bits per heavy atom. The maximum absolute atomic E-state index is 12.6. The molecule has 0 aromatic carbocycles. The Bertz CT molecular complexity index is 1200.